The Balaban J connectivity index is 2.57. The van der Waals surface area contributed by atoms with Gasteiger partial charge in [0.15, 0.2) is 9.84 Å². The van der Waals surface area contributed by atoms with Crippen molar-refractivity contribution in [3.05, 3.63) is 47.5 Å². The molecule has 2 N–H and O–H groups in total. The molecule has 148 valence electrons. The molecule has 5 heteroatoms. The Morgan fingerprint density at radius 1 is 0.963 bits per heavy atom. The van der Waals surface area contributed by atoms with E-state index in [9.17, 15) is 13.5 Å². The van der Waals surface area contributed by atoms with E-state index in [1.165, 1.54) is 6.26 Å². The average Bonchev–Trinajstić information content (AvgIpc) is 2.51. The van der Waals surface area contributed by atoms with Gasteiger partial charge in [-0.2, -0.15) is 0 Å². The molecule has 2 rings (SSSR count). The summed E-state index contributed by atoms with van der Waals surface area (Å²) in [7, 11) is -3.25. The number of nitrogens with one attached hydrogen (secondary N) is 1. The van der Waals surface area contributed by atoms with Crippen molar-refractivity contribution >= 4 is 9.84 Å². The Kier molecular flexibility index (Phi) is 5.79. The van der Waals surface area contributed by atoms with Crippen LogP contribution in [0.4, 0.5) is 0 Å². The van der Waals surface area contributed by atoms with Crippen molar-refractivity contribution in [3.8, 4) is 16.9 Å². The maximum absolute atomic E-state index is 11.7. The summed E-state index contributed by atoms with van der Waals surface area (Å²) in [5.41, 5.74) is 3.32. The van der Waals surface area contributed by atoms with Crippen LogP contribution in [0.1, 0.15) is 52.7 Å². The van der Waals surface area contributed by atoms with E-state index in [1.807, 2.05) is 12.1 Å². The smallest absolute Gasteiger partial charge is 0.175 e. The van der Waals surface area contributed by atoms with Gasteiger partial charge in [-0.1, -0.05) is 39.0 Å². The molecule has 2 aromatic carbocycles. The first-order valence-electron chi connectivity index (χ1n) is 9.10. The predicted octanol–water partition coefficient (Wildman–Crippen LogP) is 4.65. The van der Waals surface area contributed by atoms with Crippen LogP contribution in [-0.4, -0.2) is 25.3 Å². The molecule has 0 saturated heterocycles. The first-order valence-corrected chi connectivity index (χ1v) is 11.0. The zero-order chi connectivity index (χ0) is 20.6. The van der Waals surface area contributed by atoms with Gasteiger partial charge >= 0.3 is 0 Å². The number of phenols is 1. The summed E-state index contributed by atoms with van der Waals surface area (Å²) in [5, 5.41) is 14.3. The third-order valence-corrected chi connectivity index (χ3v) is 5.59. The molecule has 0 aliphatic carbocycles. The number of aromatic hydroxyl groups is 1. The summed E-state index contributed by atoms with van der Waals surface area (Å²) in [6, 6.07) is 10.7. The summed E-state index contributed by atoms with van der Waals surface area (Å²) >= 11 is 0. The second kappa shape index (κ2) is 7.28. The fraction of sp³-hybridized carbons (Fsp3) is 0.455. The summed E-state index contributed by atoms with van der Waals surface area (Å²) in [5.74, 6) is 0.229. The van der Waals surface area contributed by atoms with Crippen LogP contribution in [0.3, 0.4) is 0 Å². The molecule has 4 nitrogen and oxygen atoms in total. The predicted molar refractivity (Wildman–Crippen MR) is 112 cm³/mol. The van der Waals surface area contributed by atoms with Gasteiger partial charge in [0.05, 0.1) is 4.90 Å². The molecule has 0 aliphatic heterocycles. The monoisotopic (exact) mass is 389 g/mol. The Morgan fingerprint density at radius 3 is 1.96 bits per heavy atom. The molecular weight excluding hydrogens is 358 g/mol. The van der Waals surface area contributed by atoms with Gasteiger partial charge in [0, 0.05) is 29.5 Å². The highest BCUT2D eigenvalue weighted by Crippen LogP contribution is 2.37. The van der Waals surface area contributed by atoms with Crippen molar-refractivity contribution in [1.82, 2.24) is 5.32 Å². The Labute approximate surface area is 163 Å². The van der Waals surface area contributed by atoms with E-state index >= 15 is 0 Å². The van der Waals surface area contributed by atoms with Gasteiger partial charge in [-0.05, 0) is 55.5 Å². The number of phenolic OH excluding ortho intramolecular Hbond substituents is 1. The molecule has 27 heavy (non-hydrogen) atoms. The highest BCUT2D eigenvalue weighted by atomic mass is 32.2. The van der Waals surface area contributed by atoms with Crippen LogP contribution in [0.25, 0.3) is 11.1 Å². The minimum absolute atomic E-state index is 0.0680. The van der Waals surface area contributed by atoms with E-state index in [2.05, 4.69) is 46.9 Å². The molecule has 0 atom stereocenters. The molecule has 0 bridgehead atoms. The van der Waals surface area contributed by atoms with Crippen molar-refractivity contribution in [3.63, 3.8) is 0 Å². The van der Waals surface area contributed by atoms with E-state index in [4.69, 9.17) is 0 Å². The lowest BCUT2D eigenvalue weighted by Crippen LogP contribution is -2.35. The number of hydrogen-bond acceptors (Lipinski definition) is 4. The molecule has 0 saturated carbocycles. The average molecular weight is 390 g/mol. The molecule has 0 aliphatic rings. The highest BCUT2D eigenvalue weighted by molar-refractivity contribution is 7.90. The van der Waals surface area contributed by atoms with Crippen LogP contribution < -0.4 is 5.32 Å². The Morgan fingerprint density at radius 2 is 1.52 bits per heavy atom. The second-order valence-electron chi connectivity index (χ2n) is 9.18. The van der Waals surface area contributed by atoms with Gasteiger partial charge < -0.3 is 10.4 Å². The van der Waals surface area contributed by atoms with Crippen LogP contribution >= 0.6 is 0 Å². The maximum Gasteiger partial charge on any atom is 0.175 e. The Bertz CT molecular complexity index is 916. The molecule has 0 spiro atoms. The standard InChI is InChI=1S/C22H31NO3S/c1-21(2,3)17-12-16(14-23-22(4,5)6)20(24)19(13-17)15-8-10-18(11-9-15)27(7,25)26/h8-13,23-24H,14H2,1-7H3. The normalized spacial score (nSPS) is 13.0. The molecule has 0 unspecified atom stereocenters. The van der Waals surface area contributed by atoms with E-state index < -0.39 is 9.84 Å². The first-order chi connectivity index (χ1) is 12.2. The van der Waals surface area contributed by atoms with Crippen LogP contribution in [0, 0.1) is 0 Å². The lowest BCUT2D eigenvalue weighted by atomic mass is 9.83. The van der Waals surface area contributed by atoms with E-state index in [0.29, 0.717) is 12.1 Å². The summed E-state index contributed by atoms with van der Waals surface area (Å²) < 4.78 is 23.4. The number of benzene rings is 2. The van der Waals surface area contributed by atoms with Gasteiger partial charge in [0.2, 0.25) is 0 Å². The van der Waals surface area contributed by atoms with E-state index in [-0.39, 0.29) is 21.6 Å². The van der Waals surface area contributed by atoms with Gasteiger partial charge in [0.1, 0.15) is 5.75 Å². The molecule has 0 radical (unpaired) electrons. The summed E-state index contributed by atoms with van der Waals surface area (Å²) in [4.78, 5) is 0.271. The minimum Gasteiger partial charge on any atom is -0.507 e. The topological polar surface area (TPSA) is 66.4 Å². The largest absolute Gasteiger partial charge is 0.507 e. The van der Waals surface area contributed by atoms with Crippen LogP contribution in [0.2, 0.25) is 0 Å². The van der Waals surface area contributed by atoms with Gasteiger partial charge in [0.25, 0.3) is 0 Å². The fourth-order valence-electron chi connectivity index (χ4n) is 2.72. The lowest BCUT2D eigenvalue weighted by molar-refractivity contribution is 0.411. The zero-order valence-corrected chi connectivity index (χ0v) is 18.2. The van der Waals surface area contributed by atoms with Gasteiger partial charge in [-0.15, -0.1) is 0 Å². The third-order valence-electron chi connectivity index (χ3n) is 4.46. The third kappa shape index (κ3) is 5.56. The minimum atomic E-state index is -3.25. The number of hydrogen-bond donors (Lipinski definition) is 2. The highest BCUT2D eigenvalue weighted by Gasteiger charge is 2.21. The summed E-state index contributed by atoms with van der Waals surface area (Å²) in [6.07, 6.45) is 1.19. The molecule has 0 aromatic heterocycles. The molecule has 0 heterocycles. The van der Waals surface area contributed by atoms with Crippen LogP contribution in [-0.2, 0) is 21.8 Å². The number of sulfone groups is 1. The van der Waals surface area contributed by atoms with Crippen molar-refractivity contribution in [1.29, 1.82) is 0 Å². The van der Waals surface area contributed by atoms with Crippen molar-refractivity contribution in [2.75, 3.05) is 6.26 Å². The van der Waals surface area contributed by atoms with Crippen molar-refractivity contribution < 1.29 is 13.5 Å². The summed E-state index contributed by atoms with van der Waals surface area (Å²) in [6.45, 7) is 13.2. The van der Waals surface area contributed by atoms with E-state index in [1.54, 1.807) is 24.3 Å². The van der Waals surface area contributed by atoms with E-state index in [0.717, 1.165) is 16.7 Å². The van der Waals surface area contributed by atoms with Crippen molar-refractivity contribution in [2.24, 2.45) is 0 Å². The van der Waals surface area contributed by atoms with Gasteiger partial charge in [-0.25, -0.2) is 8.42 Å². The molecule has 0 fully saturated rings. The second-order valence-corrected chi connectivity index (χ2v) is 11.2. The lowest BCUT2D eigenvalue weighted by Gasteiger charge is -2.25. The van der Waals surface area contributed by atoms with Crippen molar-refractivity contribution in [2.45, 2.75) is 63.9 Å². The molecule has 0 amide bonds. The fourth-order valence-corrected chi connectivity index (χ4v) is 3.35. The first kappa shape index (κ1) is 21.5. The SMILES string of the molecule is CC(C)(C)NCc1cc(C(C)(C)C)cc(-c2ccc(S(C)(=O)=O)cc2)c1O. The molecule has 2 aromatic rings. The number of rotatable bonds is 4. The zero-order valence-electron chi connectivity index (χ0n) is 17.3. The molecular formula is C22H31NO3S. The Hall–Kier alpha value is -1.85. The van der Waals surface area contributed by atoms with Crippen LogP contribution in [0.15, 0.2) is 41.3 Å². The van der Waals surface area contributed by atoms with Crippen LogP contribution in [0.5, 0.6) is 5.75 Å². The maximum atomic E-state index is 11.7. The van der Waals surface area contributed by atoms with Gasteiger partial charge in [-0.3, -0.25) is 0 Å². The quantitative estimate of drug-likeness (QED) is 0.799.